The van der Waals surface area contributed by atoms with Crippen LogP contribution in [0.5, 0.6) is 0 Å². The van der Waals surface area contributed by atoms with E-state index in [2.05, 4.69) is 0 Å². The predicted octanol–water partition coefficient (Wildman–Crippen LogP) is 3.67. The standard InChI is InChI=1S/C12H13F3N2S/c1-17(7-6-12(13,14)15)10-4-3-5-11(18-2)9(10)8-16/h3-5H,6-7H2,1-2H3. The lowest BCUT2D eigenvalue weighted by Gasteiger charge is -2.22. The molecule has 98 valence electrons. The molecule has 6 heteroatoms. The van der Waals surface area contributed by atoms with E-state index < -0.39 is 12.6 Å². The number of alkyl halides is 3. The molecule has 0 aromatic heterocycles. The molecule has 0 aliphatic carbocycles. The van der Waals surface area contributed by atoms with E-state index in [1.165, 1.54) is 16.7 Å². The third kappa shape index (κ3) is 3.84. The fraction of sp³-hybridized carbons (Fsp3) is 0.417. The van der Waals surface area contributed by atoms with E-state index in [9.17, 15) is 13.2 Å². The van der Waals surface area contributed by atoms with Crippen LogP contribution in [0.25, 0.3) is 0 Å². The number of nitrogens with zero attached hydrogens (tertiary/aromatic N) is 2. The topological polar surface area (TPSA) is 27.0 Å². The minimum absolute atomic E-state index is 0.157. The second-order valence-electron chi connectivity index (χ2n) is 3.75. The van der Waals surface area contributed by atoms with Gasteiger partial charge in [-0.1, -0.05) is 6.07 Å². The molecule has 1 aromatic carbocycles. The van der Waals surface area contributed by atoms with Crippen molar-refractivity contribution in [3.05, 3.63) is 23.8 Å². The maximum absolute atomic E-state index is 12.2. The van der Waals surface area contributed by atoms with Gasteiger partial charge in [0.1, 0.15) is 6.07 Å². The van der Waals surface area contributed by atoms with Crippen molar-refractivity contribution in [2.24, 2.45) is 0 Å². The van der Waals surface area contributed by atoms with E-state index in [1.54, 1.807) is 25.2 Å². The smallest absolute Gasteiger partial charge is 0.373 e. The van der Waals surface area contributed by atoms with Gasteiger partial charge in [0, 0.05) is 18.5 Å². The van der Waals surface area contributed by atoms with E-state index in [0.717, 1.165) is 4.90 Å². The van der Waals surface area contributed by atoms with Crippen LogP contribution in [0.15, 0.2) is 23.1 Å². The van der Waals surface area contributed by atoms with E-state index in [-0.39, 0.29) is 6.54 Å². The van der Waals surface area contributed by atoms with Crippen LogP contribution in [0.3, 0.4) is 0 Å². The molecule has 0 aliphatic heterocycles. The second kappa shape index (κ2) is 6.01. The van der Waals surface area contributed by atoms with Gasteiger partial charge >= 0.3 is 6.18 Å². The Bertz CT molecular complexity index is 452. The highest BCUT2D eigenvalue weighted by Crippen LogP contribution is 2.29. The number of halogens is 3. The molecule has 0 unspecified atom stereocenters. The van der Waals surface area contributed by atoms with Crippen LogP contribution in [0, 0.1) is 11.3 Å². The summed E-state index contributed by atoms with van der Waals surface area (Å²) < 4.78 is 36.5. The highest BCUT2D eigenvalue weighted by molar-refractivity contribution is 7.98. The van der Waals surface area contributed by atoms with Gasteiger partial charge in [0.25, 0.3) is 0 Å². The van der Waals surface area contributed by atoms with Crippen LogP contribution < -0.4 is 4.90 Å². The lowest BCUT2D eigenvalue weighted by atomic mass is 10.1. The minimum Gasteiger partial charge on any atom is -0.373 e. The normalized spacial score (nSPS) is 11.1. The maximum atomic E-state index is 12.2. The molecule has 0 aliphatic rings. The molecular formula is C12H13F3N2S. The Morgan fingerprint density at radius 3 is 2.56 bits per heavy atom. The quantitative estimate of drug-likeness (QED) is 0.784. The van der Waals surface area contributed by atoms with E-state index in [1.807, 2.05) is 12.3 Å². The van der Waals surface area contributed by atoms with Crippen LogP contribution in [0.2, 0.25) is 0 Å². The Balaban J connectivity index is 2.93. The molecule has 0 spiro atoms. The molecule has 1 rings (SSSR count). The van der Waals surface area contributed by atoms with Gasteiger partial charge in [0.2, 0.25) is 0 Å². The maximum Gasteiger partial charge on any atom is 0.390 e. The summed E-state index contributed by atoms with van der Waals surface area (Å²) in [7, 11) is 1.56. The highest BCUT2D eigenvalue weighted by Gasteiger charge is 2.27. The van der Waals surface area contributed by atoms with Crippen molar-refractivity contribution in [2.45, 2.75) is 17.5 Å². The Hall–Kier alpha value is -1.35. The fourth-order valence-electron chi connectivity index (χ4n) is 1.54. The van der Waals surface area contributed by atoms with Crippen LogP contribution >= 0.6 is 11.8 Å². The SMILES string of the molecule is CSc1cccc(N(C)CCC(F)(F)F)c1C#N. The molecule has 0 N–H and O–H groups in total. The van der Waals surface area contributed by atoms with Crippen molar-refractivity contribution in [3.63, 3.8) is 0 Å². The highest BCUT2D eigenvalue weighted by atomic mass is 32.2. The zero-order chi connectivity index (χ0) is 13.8. The van der Waals surface area contributed by atoms with Crippen LogP contribution in [-0.2, 0) is 0 Å². The molecule has 18 heavy (non-hydrogen) atoms. The summed E-state index contributed by atoms with van der Waals surface area (Å²) in [6, 6.07) is 7.23. The minimum atomic E-state index is -4.18. The zero-order valence-electron chi connectivity index (χ0n) is 10.1. The number of nitriles is 1. The van der Waals surface area contributed by atoms with Gasteiger partial charge < -0.3 is 4.90 Å². The molecule has 2 nitrogen and oxygen atoms in total. The van der Waals surface area contributed by atoms with E-state index >= 15 is 0 Å². The van der Waals surface area contributed by atoms with Gasteiger partial charge in [-0.15, -0.1) is 11.8 Å². The van der Waals surface area contributed by atoms with Gasteiger partial charge in [-0.05, 0) is 18.4 Å². The van der Waals surface area contributed by atoms with Crippen molar-refractivity contribution in [3.8, 4) is 6.07 Å². The summed E-state index contributed by atoms with van der Waals surface area (Å²) in [6.07, 6.45) is -3.24. The third-order valence-electron chi connectivity index (χ3n) is 2.48. The number of hydrogen-bond donors (Lipinski definition) is 0. The summed E-state index contributed by atoms with van der Waals surface area (Å²) >= 11 is 1.40. The monoisotopic (exact) mass is 274 g/mol. The Labute approximate surface area is 108 Å². The number of thioether (sulfide) groups is 1. The fourth-order valence-corrected chi connectivity index (χ4v) is 2.10. The summed E-state index contributed by atoms with van der Waals surface area (Å²) in [5, 5.41) is 9.10. The Morgan fingerprint density at radius 2 is 2.06 bits per heavy atom. The van der Waals surface area contributed by atoms with Crippen molar-refractivity contribution < 1.29 is 13.2 Å². The van der Waals surface area contributed by atoms with Gasteiger partial charge in [0.05, 0.1) is 17.7 Å². The Morgan fingerprint density at radius 1 is 1.39 bits per heavy atom. The molecule has 0 amide bonds. The third-order valence-corrected chi connectivity index (χ3v) is 3.26. The zero-order valence-corrected chi connectivity index (χ0v) is 10.9. The van der Waals surface area contributed by atoms with Gasteiger partial charge in [-0.2, -0.15) is 18.4 Å². The molecule has 0 fully saturated rings. The number of anilines is 1. The summed E-state index contributed by atoms with van der Waals surface area (Å²) in [6.45, 7) is -0.157. The lowest BCUT2D eigenvalue weighted by molar-refractivity contribution is -0.132. The van der Waals surface area contributed by atoms with Crippen molar-refractivity contribution in [1.82, 2.24) is 0 Å². The van der Waals surface area contributed by atoms with Crippen molar-refractivity contribution in [1.29, 1.82) is 5.26 Å². The summed E-state index contributed by atoms with van der Waals surface area (Å²) in [4.78, 5) is 2.24. The van der Waals surface area contributed by atoms with Crippen LogP contribution in [0.1, 0.15) is 12.0 Å². The largest absolute Gasteiger partial charge is 0.390 e. The van der Waals surface area contributed by atoms with Gasteiger partial charge in [-0.3, -0.25) is 0 Å². The average molecular weight is 274 g/mol. The second-order valence-corrected chi connectivity index (χ2v) is 4.60. The average Bonchev–Trinajstić information content (AvgIpc) is 2.33. The van der Waals surface area contributed by atoms with E-state index in [0.29, 0.717) is 11.3 Å². The molecule has 0 radical (unpaired) electrons. The summed E-state index contributed by atoms with van der Waals surface area (Å²) in [5.41, 5.74) is 0.961. The molecular weight excluding hydrogens is 261 g/mol. The molecule has 0 atom stereocenters. The number of benzene rings is 1. The molecule has 0 heterocycles. The molecule has 1 aromatic rings. The first-order valence-electron chi connectivity index (χ1n) is 5.24. The first-order valence-corrected chi connectivity index (χ1v) is 6.46. The van der Waals surface area contributed by atoms with Gasteiger partial charge in [0.15, 0.2) is 0 Å². The molecule has 0 saturated carbocycles. The van der Waals surface area contributed by atoms with Crippen LogP contribution in [-0.4, -0.2) is 26.0 Å². The van der Waals surface area contributed by atoms with Gasteiger partial charge in [-0.25, -0.2) is 0 Å². The Kier molecular flexibility index (Phi) is 4.91. The first-order chi connectivity index (χ1) is 8.39. The number of rotatable bonds is 4. The van der Waals surface area contributed by atoms with Crippen LogP contribution in [0.4, 0.5) is 18.9 Å². The molecule has 0 saturated heterocycles. The first kappa shape index (κ1) is 14.7. The van der Waals surface area contributed by atoms with E-state index in [4.69, 9.17) is 5.26 Å². The molecule has 0 bridgehead atoms. The summed E-state index contributed by atoms with van der Waals surface area (Å²) in [5.74, 6) is 0. The van der Waals surface area contributed by atoms with Crippen molar-refractivity contribution >= 4 is 17.4 Å². The lowest BCUT2D eigenvalue weighted by Crippen LogP contribution is -2.24. The van der Waals surface area contributed by atoms with Crippen molar-refractivity contribution in [2.75, 3.05) is 24.7 Å². The predicted molar refractivity (Wildman–Crippen MR) is 66.9 cm³/mol. The number of hydrogen-bond acceptors (Lipinski definition) is 3.